The molecule has 1 amide bonds. The van der Waals surface area contributed by atoms with Crippen LogP contribution >= 0.6 is 0 Å². The number of rotatable bonds is 7. The highest BCUT2D eigenvalue weighted by Crippen LogP contribution is 2.22. The topological polar surface area (TPSA) is 84.3 Å². The number of carbonyl (C=O) groups excluding carboxylic acids is 1. The van der Waals surface area contributed by atoms with Crippen molar-refractivity contribution >= 4 is 17.3 Å². The minimum atomic E-state index is -0.452. The number of nitrogens with one attached hydrogen (secondary N) is 2. The molecule has 0 bridgehead atoms. The van der Waals surface area contributed by atoms with E-state index in [4.69, 9.17) is 0 Å². The summed E-state index contributed by atoms with van der Waals surface area (Å²) < 4.78 is 0. The maximum Gasteiger partial charge on any atom is 0.273 e. The summed E-state index contributed by atoms with van der Waals surface area (Å²) in [4.78, 5) is 23.0. The molecule has 6 nitrogen and oxygen atoms in total. The average molecular weight is 327 g/mol. The number of hydrogen-bond donors (Lipinski definition) is 2. The van der Waals surface area contributed by atoms with Gasteiger partial charge in [0.1, 0.15) is 0 Å². The summed E-state index contributed by atoms with van der Waals surface area (Å²) in [5.74, 6) is -0.360. The number of anilines is 1. The fourth-order valence-electron chi connectivity index (χ4n) is 2.41. The lowest BCUT2D eigenvalue weighted by Gasteiger charge is -2.09. The van der Waals surface area contributed by atoms with E-state index in [0.29, 0.717) is 17.7 Å². The van der Waals surface area contributed by atoms with E-state index in [0.717, 1.165) is 18.7 Å². The molecule has 2 N–H and O–H groups in total. The Morgan fingerprint density at radius 1 is 1.17 bits per heavy atom. The highest BCUT2D eigenvalue weighted by Gasteiger charge is 2.16. The van der Waals surface area contributed by atoms with Gasteiger partial charge in [0.2, 0.25) is 0 Å². The second kappa shape index (κ2) is 8.21. The van der Waals surface area contributed by atoms with Gasteiger partial charge >= 0.3 is 0 Å². The van der Waals surface area contributed by atoms with Crippen LogP contribution in [0.2, 0.25) is 0 Å². The highest BCUT2D eigenvalue weighted by molar-refractivity contribution is 6.04. The van der Waals surface area contributed by atoms with Crippen LogP contribution in [-0.2, 0) is 13.0 Å². The van der Waals surface area contributed by atoms with Crippen LogP contribution in [0.3, 0.4) is 0 Å². The van der Waals surface area contributed by atoms with Gasteiger partial charge in [-0.05, 0) is 36.7 Å². The van der Waals surface area contributed by atoms with E-state index in [9.17, 15) is 14.9 Å². The van der Waals surface area contributed by atoms with Crippen molar-refractivity contribution in [3.05, 3.63) is 69.3 Å². The molecule has 0 saturated carbocycles. The van der Waals surface area contributed by atoms with Crippen molar-refractivity contribution in [3.8, 4) is 0 Å². The molecule has 0 spiro atoms. The van der Waals surface area contributed by atoms with Crippen LogP contribution in [-0.4, -0.2) is 17.4 Å². The van der Waals surface area contributed by atoms with Gasteiger partial charge < -0.3 is 10.6 Å². The zero-order valence-corrected chi connectivity index (χ0v) is 13.8. The van der Waals surface area contributed by atoms with Crippen LogP contribution < -0.4 is 10.6 Å². The van der Waals surface area contributed by atoms with Crippen LogP contribution in [0, 0.1) is 10.1 Å². The zero-order valence-electron chi connectivity index (χ0n) is 13.8. The number of nitro groups is 1. The molecular weight excluding hydrogens is 306 g/mol. The molecule has 0 aliphatic rings. The molecule has 0 saturated heterocycles. The van der Waals surface area contributed by atoms with Crippen LogP contribution in [0.15, 0.2) is 42.5 Å². The van der Waals surface area contributed by atoms with Crippen molar-refractivity contribution in [2.24, 2.45) is 0 Å². The van der Waals surface area contributed by atoms with E-state index in [1.807, 2.05) is 32.0 Å². The molecule has 0 aromatic heterocycles. The van der Waals surface area contributed by atoms with Gasteiger partial charge in [-0.25, -0.2) is 0 Å². The lowest BCUT2D eigenvalue weighted by atomic mass is 10.1. The normalized spacial score (nSPS) is 10.4. The fourth-order valence-corrected chi connectivity index (χ4v) is 2.41. The van der Waals surface area contributed by atoms with E-state index in [1.165, 1.54) is 6.07 Å². The molecule has 0 atom stereocenters. The Hall–Kier alpha value is -2.73. The highest BCUT2D eigenvalue weighted by atomic mass is 16.6. The molecule has 2 aromatic carbocycles. The second-order valence-corrected chi connectivity index (χ2v) is 5.39. The van der Waals surface area contributed by atoms with Gasteiger partial charge in [-0.15, -0.1) is 0 Å². The predicted octanol–water partition coefficient (Wildman–Crippen LogP) is 3.52. The molecule has 6 heteroatoms. The third kappa shape index (κ3) is 4.39. The van der Waals surface area contributed by atoms with Crippen LogP contribution in [0.1, 0.15) is 35.3 Å². The maximum absolute atomic E-state index is 12.4. The van der Waals surface area contributed by atoms with Crippen molar-refractivity contribution in [3.63, 3.8) is 0 Å². The molecule has 2 rings (SSSR count). The van der Waals surface area contributed by atoms with Gasteiger partial charge in [0.25, 0.3) is 11.6 Å². The van der Waals surface area contributed by atoms with E-state index in [2.05, 4.69) is 10.6 Å². The number of benzene rings is 2. The van der Waals surface area contributed by atoms with Crippen molar-refractivity contribution in [1.29, 1.82) is 0 Å². The summed E-state index contributed by atoms with van der Waals surface area (Å²) in [7, 11) is 0. The first-order chi connectivity index (χ1) is 11.5. The molecule has 0 aliphatic carbocycles. The quantitative estimate of drug-likeness (QED) is 0.602. The SMILES string of the molecule is CCNCc1cccc(NC(=O)c2ccc(CC)c([N+](=O)[O-])c2)c1. The number of amides is 1. The number of nitrogens with zero attached hydrogens (tertiary/aromatic N) is 1. The summed E-state index contributed by atoms with van der Waals surface area (Å²) in [5, 5.41) is 17.1. The first-order valence-corrected chi connectivity index (χ1v) is 7.93. The summed E-state index contributed by atoms with van der Waals surface area (Å²) in [6, 6.07) is 12.1. The number of hydrogen-bond acceptors (Lipinski definition) is 4. The lowest BCUT2D eigenvalue weighted by molar-refractivity contribution is -0.385. The molecule has 0 heterocycles. The minimum absolute atomic E-state index is 0.0222. The Kier molecular flexibility index (Phi) is 6.03. The molecule has 0 fully saturated rings. The molecule has 2 aromatic rings. The molecule has 0 aliphatic heterocycles. The van der Waals surface area contributed by atoms with Crippen LogP contribution in [0.25, 0.3) is 0 Å². The van der Waals surface area contributed by atoms with Crippen molar-refractivity contribution in [1.82, 2.24) is 5.32 Å². The Morgan fingerprint density at radius 2 is 1.96 bits per heavy atom. The van der Waals surface area contributed by atoms with Crippen molar-refractivity contribution in [2.45, 2.75) is 26.8 Å². The van der Waals surface area contributed by atoms with Gasteiger partial charge in [-0.2, -0.15) is 0 Å². The van der Waals surface area contributed by atoms with E-state index < -0.39 is 4.92 Å². The number of carbonyl (C=O) groups is 1. The number of aryl methyl sites for hydroxylation is 1. The maximum atomic E-state index is 12.4. The fraction of sp³-hybridized carbons (Fsp3) is 0.278. The Bertz CT molecular complexity index is 744. The average Bonchev–Trinajstić information content (AvgIpc) is 2.59. The van der Waals surface area contributed by atoms with Crippen LogP contribution in [0.5, 0.6) is 0 Å². The molecular formula is C18H21N3O3. The Morgan fingerprint density at radius 3 is 2.62 bits per heavy atom. The van der Waals surface area contributed by atoms with Crippen molar-refractivity contribution < 1.29 is 9.72 Å². The van der Waals surface area contributed by atoms with Gasteiger partial charge in [0.05, 0.1) is 4.92 Å². The lowest BCUT2D eigenvalue weighted by Crippen LogP contribution is -2.14. The molecule has 0 radical (unpaired) electrons. The predicted molar refractivity (Wildman–Crippen MR) is 94.3 cm³/mol. The van der Waals surface area contributed by atoms with E-state index in [1.54, 1.807) is 18.2 Å². The second-order valence-electron chi connectivity index (χ2n) is 5.39. The van der Waals surface area contributed by atoms with E-state index >= 15 is 0 Å². The first kappa shape index (κ1) is 17.6. The van der Waals surface area contributed by atoms with Crippen molar-refractivity contribution in [2.75, 3.05) is 11.9 Å². The smallest absolute Gasteiger partial charge is 0.273 e. The third-order valence-corrected chi connectivity index (χ3v) is 3.69. The molecule has 0 unspecified atom stereocenters. The minimum Gasteiger partial charge on any atom is -0.322 e. The summed E-state index contributed by atoms with van der Waals surface area (Å²) in [6.07, 6.45) is 0.546. The molecule has 126 valence electrons. The van der Waals surface area contributed by atoms with E-state index in [-0.39, 0.29) is 17.2 Å². The summed E-state index contributed by atoms with van der Waals surface area (Å²) in [5.41, 5.74) is 2.59. The Labute approximate surface area is 141 Å². The van der Waals surface area contributed by atoms with Gasteiger partial charge in [0.15, 0.2) is 0 Å². The monoisotopic (exact) mass is 327 g/mol. The van der Waals surface area contributed by atoms with Gasteiger partial charge in [-0.3, -0.25) is 14.9 Å². The van der Waals surface area contributed by atoms with Gasteiger partial charge in [0, 0.05) is 29.4 Å². The molecule has 24 heavy (non-hydrogen) atoms. The number of nitro benzene ring substituents is 1. The standard InChI is InChI=1S/C18H21N3O3/c1-3-14-8-9-15(11-17(14)21(23)24)18(22)20-16-7-5-6-13(10-16)12-19-4-2/h5-11,19H,3-4,12H2,1-2H3,(H,20,22). The van der Waals surface area contributed by atoms with Gasteiger partial charge in [-0.1, -0.05) is 32.0 Å². The Balaban J connectivity index is 2.18. The summed E-state index contributed by atoms with van der Waals surface area (Å²) in [6.45, 7) is 5.46. The summed E-state index contributed by atoms with van der Waals surface area (Å²) >= 11 is 0. The van der Waals surface area contributed by atoms with Crippen LogP contribution in [0.4, 0.5) is 11.4 Å². The largest absolute Gasteiger partial charge is 0.322 e. The zero-order chi connectivity index (χ0) is 17.5. The third-order valence-electron chi connectivity index (χ3n) is 3.69. The first-order valence-electron chi connectivity index (χ1n) is 7.93.